The van der Waals surface area contributed by atoms with Crippen LogP contribution in [0.1, 0.15) is 39.6 Å². The summed E-state index contributed by atoms with van der Waals surface area (Å²) >= 11 is 0. The number of halogens is 2. The van der Waals surface area contributed by atoms with Crippen molar-refractivity contribution in [2.75, 3.05) is 26.3 Å². The smallest absolute Gasteiger partial charge is 0.291 e. The summed E-state index contributed by atoms with van der Waals surface area (Å²) in [6.07, 6.45) is 0.137. The first kappa shape index (κ1) is 21.9. The molecule has 0 N–H and O–H groups in total. The van der Waals surface area contributed by atoms with E-state index in [-0.39, 0.29) is 30.1 Å². The van der Waals surface area contributed by atoms with Crippen LogP contribution in [0.4, 0.5) is 8.78 Å². The number of amides is 1. The van der Waals surface area contributed by atoms with Crippen molar-refractivity contribution in [1.82, 2.24) is 19.7 Å². The van der Waals surface area contributed by atoms with Gasteiger partial charge in [0, 0.05) is 38.7 Å². The van der Waals surface area contributed by atoms with Crippen molar-refractivity contribution in [3.63, 3.8) is 0 Å². The summed E-state index contributed by atoms with van der Waals surface area (Å²) in [5.41, 5.74) is 2.16. The number of ether oxygens (including phenoxy) is 2. The number of carbonyl (C=O) groups is 1. The molecule has 1 amide bonds. The van der Waals surface area contributed by atoms with Gasteiger partial charge in [-0.05, 0) is 25.1 Å². The fraction of sp³-hybridized carbons (Fsp3) is 0.409. The van der Waals surface area contributed by atoms with E-state index >= 15 is 0 Å². The van der Waals surface area contributed by atoms with E-state index < -0.39 is 11.6 Å². The van der Waals surface area contributed by atoms with Gasteiger partial charge in [-0.15, -0.1) is 0 Å². The third-order valence-electron chi connectivity index (χ3n) is 5.29. The monoisotopic (exact) mass is 446 g/mol. The van der Waals surface area contributed by atoms with Crippen LogP contribution in [0.15, 0.2) is 28.7 Å². The Hall–Kier alpha value is -3.27. The molecule has 0 spiro atoms. The van der Waals surface area contributed by atoms with Gasteiger partial charge in [-0.3, -0.25) is 9.48 Å². The third kappa shape index (κ3) is 4.64. The second-order valence-electron chi connectivity index (χ2n) is 7.62. The second kappa shape index (κ2) is 9.07. The van der Waals surface area contributed by atoms with E-state index in [1.807, 2.05) is 13.1 Å². The molecule has 4 rings (SSSR count). The maximum Gasteiger partial charge on any atom is 0.291 e. The number of hydrogen-bond acceptors (Lipinski definition) is 6. The highest BCUT2D eigenvalue weighted by Crippen LogP contribution is 2.24. The van der Waals surface area contributed by atoms with Crippen LogP contribution in [0.3, 0.4) is 0 Å². The zero-order valence-electron chi connectivity index (χ0n) is 18.1. The van der Waals surface area contributed by atoms with Crippen LogP contribution in [0, 0.1) is 25.5 Å². The molecular weight excluding hydrogens is 422 g/mol. The Balaban J connectivity index is 1.38. The molecule has 0 aliphatic carbocycles. The number of oxazole rings is 1. The van der Waals surface area contributed by atoms with Crippen molar-refractivity contribution in [2.24, 2.45) is 7.05 Å². The molecule has 1 unspecified atom stereocenters. The molecule has 3 aromatic rings. The second-order valence-corrected chi connectivity index (χ2v) is 7.62. The van der Waals surface area contributed by atoms with Gasteiger partial charge in [-0.25, -0.2) is 13.8 Å². The maximum absolute atomic E-state index is 13.3. The van der Waals surface area contributed by atoms with Crippen LogP contribution in [0.25, 0.3) is 0 Å². The molecule has 32 heavy (non-hydrogen) atoms. The van der Waals surface area contributed by atoms with Gasteiger partial charge in [-0.1, -0.05) is 0 Å². The van der Waals surface area contributed by atoms with Crippen LogP contribution in [-0.4, -0.2) is 51.9 Å². The predicted molar refractivity (Wildman–Crippen MR) is 109 cm³/mol. The molecule has 1 aliphatic rings. The number of morpholine rings is 1. The van der Waals surface area contributed by atoms with Gasteiger partial charge in [-0.2, -0.15) is 5.10 Å². The molecule has 8 nitrogen and oxygen atoms in total. The lowest BCUT2D eigenvalue weighted by molar-refractivity contribution is -0.0259. The van der Waals surface area contributed by atoms with Crippen LogP contribution in [0.5, 0.6) is 5.75 Å². The van der Waals surface area contributed by atoms with Crippen molar-refractivity contribution in [1.29, 1.82) is 0 Å². The minimum Gasteiger partial charge on any atom is -0.493 e. The zero-order valence-corrected chi connectivity index (χ0v) is 18.1. The van der Waals surface area contributed by atoms with Crippen LogP contribution < -0.4 is 4.74 Å². The topological polar surface area (TPSA) is 82.6 Å². The summed E-state index contributed by atoms with van der Waals surface area (Å²) in [5.74, 6) is -1.12. The van der Waals surface area contributed by atoms with Gasteiger partial charge in [0.2, 0.25) is 5.76 Å². The van der Waals surface area contributed by atoms with E-state index in [0.717, 1.165) is 17.8 Å². The van der Waals surface area contributed by atoms with E-state index in [4.69, 9.17) is 13.9 Å². The number of benzene rings is 1. The predicted octanol–water partition coefficient (Wildman–Crippen LogP) is 3.14. The van der Waals surface area contributed by atoms with Gasteiger partial charge in [0.1, 0.15) is 11.9 Å². The molecule has 1 atom stereocenters. The van der Waals surface area contributed by atoms with Gasteiger partial charge in [0.05, 0.1) is 31.1 Å². The summed E-state index contributed by atoms with van der Waals surface area (Å²) in [4.78, 5) is 18.7. The lowest BCUT2D eigenvalue weighted by Gasteiger charge is -2.31. The van der Waals surface area contributed by atoms with E-state index in [0.29, 0.717) is 43.4 Å². The molecule has 2 aromatic heterocycles. The molecule has 3 heterocycles. The van der Waals surface area contributed by atoms with Gasteiger partial charge >= 0.3 is 0 Å². The van der Waals surface area contributed by atoms with Crippen LogP contribution in [0.2, 0.25) is 0 Å². The quantitative estimate of drug-likeness (QED) is 0.579. The van der Waals surface area contributed by atoms with E-state index in [2.05, 4.69) is 10.1 Å². The highest BCUT2D eigenvalue weighted by molar-refractivity contribution is 5.92. The molecule has 1 aliphatic heterocycles. The number of aryl methyl sites for hydroxylation is 3. The molecule has 10 heteroatoms. The highest BCUT2D eigenvalue weighted by Gasteiger charge is 2.30. The highest BCUT2D eigenvalue weighted by atomic mass is 19.2. The fourth-order valence-electron chi connectivity index (χ4n) is 3.65. The molecule has 1 aromatic carbocycles. The maximum atomic E-state index is 13.3. The molecule has 170 valence electrons. The van der Waals surface area contributed by atoms with E-state index in [1.54, 1.807) is 23.4 Å². The van der Waals surface area contributed by atoms with E-state index in [9.17, 15) is 13.6 Å². The number of nitrogens with zero attached hydrogens (tertiary/aromatic N) is 4. The molecule has 0 radical (unpaired) electrons. The van der Waals surface area contributed by atoms with Crippen LogP contribution >= 0.6 is 0 Å². The Morgan fingerprint density at radius 3 is 2.78 bits per heavy atom. The number of aromatic nitrogens is 3. The van der Waals surface area contributed by atoms with Crippen molar-refractivity contribution in [3.05, 3.63) is 64.6 Å². The Morgan fingerprint density at radius 1 is 1.25 bits per heavy atom. The molecule has 0 bridgehead atoms. The molecular formula is C22H24F2N4O4. The first-order valence-electron chi connectivity index (χ1n) is 10.3. The van der Waals surface area contributed by atoms with Crippen LogP contribution in [-0.2, 0) is 18.2 Å². The first-order valence-corrected chi connectivity index (χ1v) is 10.3. The van der Waals surface area contributed by atoms with Crippen molar-refractivity contribution < 1.29 is 27.5 Å². The largest absolute Gasteiger partial charge is 0.493 e. The summed E-state index contributed by atoms with van der Waals surface area (Å²) in [7, 11) is 1.81. The first-order chi connectivity index (χ1) is 15.3. The third-order valence-corrected chi connectivity index (χ3v) is 5.29. The fourth-order valence-corrected chi connectivity index (χ4v) is 3.65. The zero-order chi connectivity index (χ0) is 22.8. The SMILES string of the molecule is Cc1nc(C)c(C(=O)N2CCOC(c3cc(CCOc4ccc(F)c(F)c4)n(C)n3)C2)o1. The minimum atomic E-state index is -0.949. The van der Waals surface area contributed by atoms with Gasteiger partial charge < -0.3 is 18.8 Å². The summed E-state index contributed by atoms with van der Waals surface area (Å²) in [6, 6.07) is 5.33. The number of hydrogen-bond donors (Lipinski definition) is 0. The number of rotatable bonds is 6. The summed E-state index contributed by atoms with van der Waals surface area (Å²) < 4.78 is 44.9. The normalized spacial score (nSPS) is 16.4. The average molecular weight is 446 g/mol. The Bertz CT molecular complexity index is 1130. The summed E-state index contributed by atoms with van der Waals surface area (Å²) in [5, 5.41) is 4.53. The lowest BCUT2D eigenvalue weighted by Crippen LogP contribution is -2.42. The Labute approximate surface area is 183 Å². The van der Waals surface area contributed by atoms with Gasteiger partial charge in [0.25, 0.3) is 5.91 Å². The van der Waals surface area contributed by atoms with Crippen molar-refractivity contribution >= 4 is 5.91 Å². The van der Waals surface area contributed by atoms with Gasteiger partial charge in [0.15, 0.2) is 17.5 Å². The van der Waals surface area contributed by atoms with Crippen molar-refractivity contribution in [2.45, 2.75) is 26.4 Å². The molecule has 0 saturated carbocycles. The van der Waals surface area contributed by atoms with E-state index in [1.165, 1.54) is 6.07 Å². The average Bonchev–Trinajstić information content (AvgIpc) is 3.31. The molecule has 1 saturated heterocycles. The molecule has 1 fully saturated rings. The number of carbonyl (C=O) groups excluding carboxylic acids is 1. The standard InChI is InChI=1S/C22H24F2N4O4/c1-13-21(32-14(2)25-13)22(29)28-7-9-31-20(12-28)19-10-15(27(3)26-19)6-8-30-16-4-5-17(23)18(24)11-16/h4-5,10-11,20H,6-9,12H2,1-3H3. The van der Waals surface area contributed by atoms with Crippen molar-refractivity contribution in [3.8, 4) is 5.75 Å². The lowest BCUT2D eigenvalue weighted by atomic mass is 10.1. The minimum absolute atomic E-state index is 0.215. The Kier molecular flexibility index (Phi) is 6.22. The Morgan fingerprint density at radius 2 is 2.06 bits per heavy atom. The summed E-state index contributed by atoms with van der Waals surface area (Å²) in [6.45, 7) is 4.90.